The maximum Gasteiger partial charge on any atom is 0.253 e. The highest BCUT2D eigenvalue weighted by atomic mass is 32.2. The molecule has 0 saturated carbocycles. The average Bonchev–Trinajstić information content (AvgIpc) is 2.26. The van der Waals surface area contributed by atoms with Crippen molar-refractivity contribution in [2.45, 2.75) is 16.6 Å². The minimum Gasteiger partial charge on any atom is -0.383 e. The molecule has 1 aromatic carbocycles. The van der Waals surface area contributed by atoms with Crippen LogP contribution in [-0.4, -0.2) is 17.0 Å². The molecule has 0 radical (unpaired) electrons. The second-order valence-corrected chi connectivity index (χ2v) is 4.97. The summed E-state index contributed by atoms with van der Waals surface area (Å²) in [6.07, 6.45) is 0. The van der Waals surface area contributed by atoms with Crippen LogP contribution in [0.25, 0.3) is 0 Å². The molecule has 0 unspecified atom stereocenters. The van der Waals surface area contributed by atoms with Gasteiger partial charge in [-0.25, -0.2) is 9.37 Å². The molecule has 0 aliphatic carbocycles. The quantitative estimate of drug-likeness (QED) is 0.737. The Kier molecular flexibility index (Phi) is 4.18. The lowest BCUT2D eigenvalue weighted by Gasteiger charge is -2.05. The van der Waals surface area contributed by atoms with Crippen LogP contribution in [0, 0.1) is 5.82 Å². The van der Waals surface area contributed by atoms with Crippen molar-refractivity contribution in [1.82, 2.24) is 15.3 Å². The molecule has 0 aliphatic rings. The summed E-state index contributed by atoms with van der Waals surface area (Å²) in [6.45, 7) is 0.562. The van der Waals surface area contributed by atoms with Crippen molar-refractivity contribution in [2.24, 2.45) is 0 Å². The molecule has 5 nitrogen and oxygen atoms in total. The van der Waals surface area contributed by atoms with Gasteiger partial charge in [-0.05, 0) is 30.8 Å². The third-order valence-corrected chi connectivity index (χ3v) is 3.12. The molecule has 0 saturated heterocycles. The van der Waals surface area contributed by atoms with Gasteiger partial charge in [-0.3, -0.25) is 4.79 Å². The Hall–Kier alpha value is -1.86. The average molecular weight is 280 g/mol. The van der Waals surface area contributed by atoms with E-state index in [9.17, 15) is 9.18 Å². The van der Waals surface area contributed by atoms with Gasteiger partial charge in [-0.15, -0.1) is 0 Å². The fourth-order valence-corrected chi connectivity index (χ4v) is 2.51. The van der Waals surface area contributed by atoms with Gasteiger partial charge < -0.3 is 16.0 Å². The summed E-state index contributed by atoms with van der Waals surface area (Å²) in [5.41, 5.74) is 5.98. The number of hydrogen-bond acceptors (Lipinski definition) is 5. The maximum absolute atomic E-state index is 13.5. The topological polar surface area (TPSA) is 83.8 Å². The summed E-state index contributed by atoms with van der Waals surface area (Å²) in [5, 5.41) is 3.29. The van der Waals surface area contributed by atoms with Gasteiger partial charge in [0.1, 0.15) is 11.6 Å². The number of anilines is 1. The lowest BCUT2D eigenvalue weighted by molar-refractivity contribution is 0.619. The molecule has 0 aliphatic heterocycles. The van der Waals surface area contributed by atoms with Crippen molar-refractivity contribution in [3.8, 4) is 0 Å². The number of rotatable bonds is 4. The van der Waals surface area contributed by atoms with Crippen LogP contribution < -0.4 is 16.6 Å². The SMILES string of the molecule is CNCc1cc(F)cc(Sc2nc(N)cc(=O)[nH]2)c1. The first-order chi connectivity index (χ1) is 9.06. The number of hydrogen-bond donors (Lipinski definition) is 3. The van der Waals surface area contributed by atoms with Gasteiger partial charge in [0.05, 0.1) is 0 Å². The van der Waals surface area contributed by atoms with Gasteiger partial charge in [0, 0.05) is 17.5 Å². The van der Waals surface area contributed by atoms with Crippen molar-refractivity contribution in [1.29, 1.82) is 0 Å². The number of H-pyrrole nitrogens is 1. The third kappa shape index (κ3) is 3.80. The molecule has 2 rings (SSSR count). The van der Waals surface area contributed by atoms with E-state index in [1.165, 1.54) is 18.2 Å². The summed E-state index contributed by atoms with van der Waals surface area (Å²) >= 11 is 1.16. The predicted molar refractivity (Wildman–Crippen MR) is 72.6 cm³/mol. The lowest BCUT2D eigenvalue weighted by atomic mass is 10.2. The van der Waals surface area contributed by atoms with E-state index in [4.69, 9.17) is 5.73 Å². The molecular weight excluding hydrogens is 267 g/mol. The van der Waals surface area contributed by atoms with Gasteiger partial charge in [-0.2, -0.15) is 0 Å². The van der Waals surface area contributed by atoms with Crippen molar-refractivity contribution < 1.29 is 4.39 Å². The Morgan fingerprint density at radius 2 is 2.21 bits per heavy atom. The van der Waals surface area contributed by atoms with Crippen LogP contribution in [0.3, 0.4) is 0 Å². The molecule has 0 spiro atoms. The smallest absolute Gasteiger partial charge is 0.253 e. The molecule has 2 aromatic rings. The zero-order valence-electron chi connectivity index (χ0n) is 10.2. The fraction of sp³-hybridized carbons (Fsp3) is 0.167. The van der Waals surface area contributed by atoms with E-state index in [-0.39, 0.29) is 17.2 Å². The van der Waals surface area contributed by atoms with Gasteiger partial charge >= 0.3 is 0 Å². The fourth-order valence-electron chi connectivity index (χ4n) is 1.60. The van der Waals surface area contributed by atoms with Crippen molar-refractivity contribution >= 4 is 17.6 Å². The monoisotopic (exact) mass is 280 g/mol. The number of aromatic amines is 1. The molecular formula is C12H13FN4OS. The van der Waals surface area contributed by atoms with Gasteiger partial charge in [-0.1, -0.05) is 11.8 Å². The molecule has 0 atom stereocenters. The van der Waals surface area contributed by atoms with Gasteiger partial charge in [0.2, 0.25) is 0 Å². The number of nitrogen functional groups attached to an aromatic ring is 1. The van der Waals surface area contributed by atoms with Crippen molar-refractivity contribution in [3.05, 3.63) is 46.0 Å². The number of aromatic nitrogens is 2. The van der Waals surface area contributed by atoms with E-state index in [0.29, 0.717) is 16.6 Å². The van der Waals surface area contributed by atoms with E-state index < -0.39 is 0 Å². The largest absolute Gasteiger partial charge is 0.383 e. The van der Waals surface area contributed by atoms with Crippen LogP contribution in [0.5, 0.6) is 0 Å². The molecule has 100 valence electrons. The Morgan fingerprint density at radius 1 is 1.42 bits per heavy atom. The van der Waals surface area contributed by atoms with Crippen molar-refractivity contribution in [2.75, 3.05) is 12.8 Å². The minimum absolute atomic E-state index is 0.137. The number of halogens is 1. The Labute approximate surface area is 113 Å². The lowest BCUT2D eigenvalue weighted by Crippen LogP contribution is -2.09. The number of benzene rings is 1. The summed E-state index contributed by atoms with van der Waals surface area (Å²) in [5.74, 6) is -0.195. The standard InChI is InChI=1S/C12H13FN4OS/c1-15-6-7-2-8(13)4-9(3-7)19-12-16-10(14)5-11(18)17-12/h2-5,15H,6H2,1H3,(H3,14,16,17,18). The van der Waals surface area contributed by atoms with Crippen molar-refractivity contribution in [3.63, 3.8) is 0 Å². The number of nitrogens with two attached hydrogens (primary N) is 1. The molecule has 1 heterocycles. The van der Waals surface area contributed by atoms with E-state index in [1.807, 2.05) is 6.07 Å². The van der Waals surface area contributed by atoms with E-state index in [2.05, 4.69) is 15.3 Å². The highest BCUT2D eigenvalue weighted by Gasteiger charge is 2.05. The third-order valence-electron chi connectivity index (χ3n) is 2.27. The highest BCUT2D eigenvalue weighted by Crippen LogP contribution is 2.26. The van der Waals surface area contributed by atoms with E-state index >= 15 is 0 Å². The second kappa shape index (κ2) is 5.85. The Balaban J connectivity index is 2.29. The molecule has 0 bridgehead atoms. The first-order valence-corrected chi connectivity index (χ1v) is 6.37. The van der Waals surface area contributed by atoms with Crippen LogP contribution in [0.1, 0.15) is 5.56 Å². The molecule has 7 heteroatoms. The molecule has 4 N–H and O–H groups in total. The molecule has 19 heavy (non-hydrogen) atoms. The second-order valence-electron chi connectivity index (χ2n) is 3.90. The first-order valence-electron chi connectivity index (χ1n) is 5.55. The molecule has 1 aromatic heterocycles. The van der Waals surface area contributed by atoms with E-state index in [1.54, 1.807) is 7.05 Å². The van der Waals surface area contributed by atoms with Crippen LogP contribution in [0.4, 0.5) is 10.2 Å². The Morgan fingerprint density at radius 3 is 2.89 bits per heavy atom. The Bertz CT molecular complexity index is 644. The van der Waals surface area contributed by atoms with Crippen LogP contribution in [0.2, 0.25) is 0 Å². The number of nitrogens with zero attached hydrogens (tertiary/aromatic N) is 1. The van der Waals surface area contributed by atoms with Crippen LogP contribution >= 0.6 is 11.8 Å². The maximum atomic E-state index is 13.5. The van der Waals surface area contributed by atoms with Gasteiger partial charge in [0.15, 0.2) is 5.16 Å². The minimum atomic E-state index is -0.332. The van der Waals surface area contributed by atoms with Crippen LogP contribution in [0.15, 0.2) is 39.1 Å². The van der Waals surface area contributed by atoms with Crippen LogP contribution in [-0.2, 0) is 6.54 Å². The zero-order valence-corrected chi connectivity index (χ0v) is 11.1. The highest BCUT2D eigenvalue weighted by molar-refractivity contribution is 7.99. The molecule has 0 fully saturated rings. The summed E-state index contributed by atoms with van der Waals surface area (Å²) in [4.78, 5) is 18.4. The normalized spacial score (nSPS) is 10.6. The zero-order chi connectivity index (χ0) is 13.8. The summed E-state index contributed by atoms with van der Waals surface area (Å²) < 4.78 is 13.5. The first kappa shape index (κ1) is 13.6. The summed E-state index contributed by atoms with van der Waals surface area (Å²) in [7, 11) is 1.79. The predicted octanol–water partition coefficient (Wildman–Crippen LogP) is 1.36. The number of nitrogens with one attached hydrogen (secondary N) is 2. The van der Waals surface area contributed by atoms with Gasteiger partial charge in [0.25, 0.3) is 5.56 Å². The summed E-state index contributed by atoms with van der Waals surface area (Å²) in [6, 6.07) is 5.86. The molecule has 0 amide bonds. The van der Waals surface area contributed by atoms with E-state index in [0.717, 1.165) is 17.3 Å².